The van der Waals surface area contributed by atoms with E-state index in [1.54, 1.807) is 32.0 Å². The zero-order valence-corrected chi connectivity index (χ0v) is 10.5. The number of nitriles is 1. The maximum absolute atomic E-state index is 11.7. The van der Waals surface area contributed by atoms with E-state index in [9.17, 15) is 4.79 Å². The molecule has 1 aliphatic rings. The van der Waals surface area contributed by atoms with E-state index in [4.69, 9.17) is 14.7 Å². The normalized spacial score (nSPS) is 16.8. The standard InChI is InChI=1S/C14H13NO3/c1-14(2)13(16)7-12(18-14)9-4-5-11(17-3)10(6-9)8-15/h4-7H,1-3H3. The minimum Gasteiger partial charge on any atom is -0.495 e. The van der Waals surface area contributed by atoms with Gasteiger partial charge in [0.2, 0.25) is 5.78 Å². The molecule has 0 fully saturated rings. The van der Waals surface area contributed by atoms with Gasteiger partial charge in [0.25, 0.3) is 0 Å². The second-order valence-corrected chi connectivity index (χ2v) is 4.51. The molecule has 4 heteroatoms. The molecule has 0 spiro atoms. The van der Waals surface area contributed by atoms with Crippen molar-refractivity contribution in [2.75, 3.05) is 7.11 Å². The Bertz CT molecular complexity index is 579. The van der Waals surface area contributed by atoms with Crippen molar-refractivity contribution in [3.63, 3.8) is 0 Å². The average molecular weight is 243 g/mol. The molecule has 0 atom stereocenters. The highest BCUT2D eigenvalue weighted by atomic mass is 16.5. The zero-order chi connectivity index (χ0) is 13.3. The summed E-state index contributed by atoms with van der Waals surface area (Å²) in [7, 11) is 1.51. The van der Waals surface area contributed by atoms with Crippen LogP contribution in [0.5, 0.6) is 5.75 Å². The van der Waals surface area contributed by atoms with E-state index in [2.05, 4.69) is 0 Å². The van der Waals surface area contributed by atoms with Gasteiger partial charge in [-0.25, -0.2) is 0 Å². The van der Waals surface area contributed by atoms with E-state index < -0.39 is 5.60 Å². The number of rotatable bonds is 2. The fourth-order valence-corrected chi connectivity index (χ4v) is 1.74. The van der Waals surface area contributed by atoms with Gasteiger partial charge in [0.15, 0.2) is 5.60 Å². The molecular weight excluding hydrogens is 230 g/mol. The quantitative estimate of drug-likeness (QED) is 0.799. The number of carbonyl (C=O) groups excluding carboxylic acids is 1. The Morgan fingerprint density at radius 2 is 2.11 bits per heavy atom. The maximum atomic E-state index is 11.7. The summed E-state index contributed by atoms with van der Waals surface area (Å²) >= 11 is 0. The van der Waals surface area contributed by atoms with Gasteiger partial charge in [-0.15, -0.1) is 0 Å². The lowest BCUT2D eigenvalue weighted by Crippen LogP contribution is -2.27. The lowest BCUT2D eigenvalue weighted by molar-refractivity contribution is -0.125. The summed E-state index contributed by atoms with van der Waals surface area (Å²) in [6.45, 7) is 3.43. The molecule has 92 valence electrons. The van der Waals surface area contributed by atoms with Crippen LogP contribution in [0.15, 0.2) is 24.3 Å². The number of ketones is 1. The highest BCUT2D eigenvalue weighted by Gasteiger charge is 2.35. The summed E-state index contributed by atoms with van der Waals surface area (Å²) < 4.78 is 10.6. The second kappa shape index (κ2) is 4.19. The van der Waals surface area contributed by atoms with Gasteiger partial charge in [0.05, 0.1) is 12.7 Å². The van der Waals surface area contributed by atoms with Crippen LogP contribution in [0.1, 0.15) is 25.0 Å². The first kappa shape index (κ1) is 12.2. The molecule has 0 unspecified atom stereocenters. The fraction of sp³-hybridized carbons (Fsp3) is 0.286. The van der Waals surface area contributed by atoms with Crippen molar-refractivity contribution in [3.8, 4) is 11.8 Å². The molecule has 1 aromatic carbocycles. The minimum atomic E-state index is -0.831. The third-order valence-corrected chi connectivity index (χ3v) is 2.83. The molecule has 1 aromatic rings. The van der Waals surface area contributed by atoms with Crippen LogP contribution in [-0.4, -0.2) is 18.5 Å². The van der Waals surface area contributed by atoms with Gasteiger partial charge in [-0.1, -0.05) is 0 Å². The van der Waals surface area contributed by atoms with E-state index in [0.29, 0.717) is 22.6 Å². The van der Waals surface area contributed by atoms with E-state index in [0.717, 1.165) is 0 Å². The number of hydrogen-bond acceptors (Lipinski definition) is 4. The van der Waals surface area contributed by atoms with E-state index in [1.165, 1.54) is 13.2 Å². The van der Waals surface area contributed by atoms with Crippen LogP contribution < -0.4 is 4.74 Å². The van der Waals surface area contributed by atoms with Crippen LogP contribution in [0.25, 0.3) is 5.76 Å². The first-order valence-electron chi connectivity index (χ1n) is 5.51. The van der Waals surface area contributed by atoms with Crippen molar-refractivity contribution in [3.05, 3.63) is 35.4 Å². The molecule has 18 heavy (non-hydrogen) atoms. The topological polar surface area (TPSA) is 59.3 Å². The number of nitrogens with zero attached hydrogens (tertiary/aromatic N) is 1. The van der Waals surface area contributed by atoms with Gasteiger partial charge in [-0.3, -0.25) is 4.79 Å². The molecule has 4 nitrogen and oxygen atoms in total. The van der Waals surface area contributed by atoms with Crippen molar-refractivity contribution >= 4 is 11.5 Å². The lowest BCUT2D eigenvalue weighted by atomic mass is 10.1. The van der Waals surface area contributed by atoms with Crippen LogP contribution in [0, 0.1) is 11.3 Å². The maximum Gasteiger partial charge on any atom is 0.202 e. The molecule has 0 saturated heterocycles. The number of benzene rings is 1. The Balaban J connectivity index is 2.40. The number of methoxy groups -OCH3 is 1. The Morgan fingerprint density at radius 1 is 1.39 bits per heavy atom. The molecule has 0 aromatic heterocycles. The first-order valence-corrected chi connectivity index (χ1v) is 5.51. The molecule has 1 heterocycles. The molecule has 2 rings (SSSR count). The largest absolute Gasteiger partial charge is 0.495 e. The average Bonchev–Trinajstić information content (AvgIpc) is 2.63. The number of hydrogen-bond donors (Lipinski definition) is 0. The molecule has 0 radical (unpaired) electrons. The van der Waals surface area contributed by atoms with Crippen molar-refractivity contribution in [1.29, 1.82) is 5.26 Å². The molecule has 0 saturated carbocycles. The van der Waals surface area contributed by atoms with E-state index >= 15 is 0 Å². The van der Waals surface area contributed by atoms with Gasteiger partial charge < -0.3 is 9.47 Å². The Labute approximate surface area is 105 Å². The molecule has 0 bridgehead atoms. The minimum absolute atomic E-state index is 0.0770. The van der Waals surface area contributed by atoms with Crippen molar-refractivity contribution in [2.24, 2.45) is 0 Å². The van der Waals surface area contributed by atoms with E-state index in [1.807, 2.05) is 6.07 Å². The highest BCUT2D eigenvalue weighted by Crippen LogP contribution is 2.32. The van der Waals surface area contributed by atoms with Crippen LogP contribution in [0.4, 0.5) is 0 Å². The smallest absolute Gasteiger partial charge is 0.202 e. The summed E-state index contributed by atoms with van der Waals surface area (Å²) in [6.07, 6.45) is 1.46. The third kappa shape index (κ3) is 1.95. The summed E-state index contributed by atoms with van der Waals surface area (Å²) in [6, 6.07) is 7.15. The summed E-state index contributed by atoms with van der Waals surface area (Å²) in [5.41, 5.74) is 0.283. The van der Waals surface area contributed by atoms with Crippen molar-refractivity contribution < 1.29 is 14.3 Å². The van der Waals surface area contributed by atoms with Crippen molar-refractivity contribution in [2.45, 2.75) is 19.4 Å². The van der Waals surface area contributed by atoms with Crippen LogP contribution in [0.2, 0.25) is 0 Å². The number of carbonyl (C=O) groups is 1. The van der Waals surface area contributed by atoms with Crippen LogP contribution in [-0.2, 0) is 9.53 Å². The van der Waals surface area contributed by atoms with Crippen LogP contribution in [0.3, 0.4) is 0 Å². The predicted octanol–water partition coefficient (Wildman–Crippen LogP) is 2.29. The van der Waals surface area contributed by atoms with Crippen molar-refractivity contribution in [1.82, 2.24) is 0 Å². The predicted molar refractivity (Wildman–Crippen MR) is 65.9 cm³/mol. The Kier molecular flexibility index (Phi) is 2.84. The van der Waals surface area contributed by atoms with Crippen LogP contribution >= 0.6 is 0 Å². The third-order valence-electron chi connectivity index (χ3n) is 2.83. The van der Waals surface area contributed by atoms with Gasteiger partial charge >= 0.3 is 0 Å². The first-order chi connectivity index (χ1) is 8.47. The molecule has 0 N–H and O–H groups in total. The molecule has 1 aliphatic heterocycles. The Morgan fingerprint density at radius 3 is 2.61 bits per heavy atom. The molecule has 0 amide bonds. The second-order valence-electron chi connectivity index (χ2n) is 4.51. The SMILES string of the molecule is COc1ccc(C2=CC(=O)C(C)(C)O2)cc1C#N. The van der Waals surface area contributed by atoms with Gasteiger partial charge in [0.1, 0.15) is 17.6 Å². The summed E-state index contributed by atoms with van der Waals surface area (Å²) in [5.74, 6) is 0.918. The number of ether oxygens (including phenoxy) is 2. The van der Waals surface area contributed by atoms with Gasteiger partial charge in [0, 0.05) is 11.6 Å². The summed E-state index contributed by atoms with van der Waals surface area (Å²) in [5, 5.41) is 9.01. The van der Waals surface area contributed by atoms with Gasteiger partial charge in [-0.05, 0) is 32.0 Å². The Hall–Kier alpha value is -2.28. The van der Waals surface area contributed by atoms with Gasteiger partial charge in [-0.2, -0.15) is 5.26 Å². The highest BCUT2D eigenvalue weighted by molar-refractivity contribution is 6.04. The summed E-state index contributed by atoms with van der Waals surface area (Å²) in [4.78, 5) is 11.7. The fourth-order valence-electron chi connectivity index (χ4n) is 1.74. The molecule has 0 aliphatic carbocycles. The monoisotopic (exact) mass is 243 g/mol. The van der Waals surface area contributed by atoms with E-state index in [-0.39, 0.29) is 5.78 Å². The zero-order valence-electron chi connectivity index (χ0n) is 10.5. The lowest BCUT2D eigenvalue weighted by Gasteiger charge is -2.18. The molecular formula is C14H13NO3.